The molecule has 1 unspecified atom stereocenters. The maximum atomic E-state index is 6.11. The summed E-state index contributed by atoms with van der Waals surface area (Å²) in [5.41, 5.74) is 6.85. The van der Waals surface area contributed by atoms with E-state index in [1.54, 1.807) is 6.20 Å². The van der Waals surface area contributed by atoms with E-state index in [-0.39, 0.29) is 6.04 Å². The Morgan fingerprint density at radius 1 is 1.56 bits per heavy atom. The van der Waals surface area contributed by atoms with Gasteiger partial charge in [-0.25, -0.2) is 0 Å². The molecule has 1 atom stereocenters. The van der Waals surface area contributed by atoms with E-state index in [0.717, 1.165) is 36.6 Å². The predicted octanol–water partition coefficient (Wildman–Crippen LogP) is 1.38. The van der Waals surface area contributed by atoms with Crippen LogP contribution in [0.3, 0.4) is 0 Å². The molecule has 0 aromatic carbocycles. The van der Waals surface area contributed by atoms with Crippen molar-refractivity contribution in [2.75, 3.05) is 20.6 Å². The first-order valence-corrected chi connectivity index (χ1v) is 5.99. The van der Waals surface area contributed by atoms with Gasteiger partial charge in [-0.2, -0.15) is 5.10 Å². The van der Waals surface area contributed by atoms with Crippen molar-refractivity contribution in [3.8, 4) is 0 Å². The minimum Gasteiger partial charge on any atom is -0.328 e. The number of nitrogens with two attached hydrogens (primary N) is 1. The lowest BCUT2D eigenvalue weighted by Gasteiger charge is -2.12. The number of rotatable bonds is 6. The first-order valence-electron chi connectivity index (χ1n) is 5.61. The maximum Gasteiger partial charge on any atom is 0.0817 e. The number of nitrogens with zero attached hydrogens (tertiary/aromatic N) is 3. The summed E-state index contributed by atoms with van der Waals surface area (Å²) in [5.74, 6) is 0. The number of hydrogen-bond acceptors (Lipinski definition) is 3. The molecule has 1 aromatic heterocycles. The van der Waals surface area contributed by atoms with Gasteiger partial charge in [-0.05, 0) is 33.9 Å². The van der Waals surface area contributed by atoms with E-state index < -0.39 is 0 Å². The summed E-state index contributed by atoms with van der Waals surface area (Å²) in [6.07, 6.45) is 3.55. The van der Waals surface area contributed by atoms with Crippen molar-refractivity contribution in [1.82, 2.24) is 14.7 Å². The van der Waals surface area contributed by atoms with Gasteiger partial charge in [0.2, 0.25) is 0 Å². The van der Waals surface area contributed by atoms with E-state index in [2.05, 4.69) is 10.00 Å². The van der Waals surface area contributed by atoms with Crippen LogP contribution in [0.25, 0.3) is 0 Å². The summed E-state index contributed by atoms with van der Waals surface area (Å²) in [4.78, 5) is 2.13. The fraction of sp³-hybridized carbons (Fsp3) is 0.727. The highest BCUT2D eigenvalue weighted by molar-refractivity contribution is 6.31. The molecule has 0 aliphatic rings. The zero-order chi connectivity index (χ0) is 12.1. The molecule has 0 radical (unpaired) electrons. The van der Waals surface area contributed by atoms with Crippen LogP contribution in [0.5, 0.6) is 0 Å². The Balaban J connectivity index is 2.62. The number of aromatic nitrogens is 2. The smallest absolute Gasteiger partial charge is 0.0817 e. The molecule has 1 aromatic rings. The van der Waals surface area contributed by atoms with Crippen molar-refractivity contribution in [1.29, 1.82) is 0 Å². The van der Waals surface area contributed by atoms with Gasteiger partial charge >= 0.3 is 0 Å². The summed E-state index contributed by atoms with van der Waals surface area (Å²) >= 11 is 6.11. The van der Waals surface area contributed by atoms with Crippen LogP contribution in [0.2, 0.25) is 5.02 Å². The Kier molecular flexibility index (Phi) is 5.25. The molecule has 5 heteroatoms. The molecule has 0 aliphatic carbocycles. The summed E-state index contributed by atoms with van der Waals surface area (Å²) in [7, 11) is 4.10. The van der Waals surface area contributed by atoms with Crippen LogP contribution in [0, 0.1) is 0 Å². The molecular weight excluding hydrogens is 224 g/mol. The summed E-state index contributed by atoms with van der Waals surface area (Å²) in [6.45, 7) is 3.84. The highest BCUT2D eigenvalue weighted by Gasteiger charge is 2.09. The molecule has 0 aliphatic heterocycles. The summed E-state index contributed by atoms with van der Waals surface area (Å²) in [6, 6.07) is 0.202. The highest BCUT2D eigenvalue weighted by atomic mass is 35.5. The van der Waals surface area contributed by atoms with Crippen molar-refractivity contribution < 1.29 is 0 Å². The third kappa shape index (κ3) is 4.12. The molecule has 0 bridgehead atoms. The average Bonchev–Trinajstić information content (AvgIpc) is 2.53. The van der Waals surface area contributed by atoms with Crippen LogP contribution < -0.4 is 5.73 Å². The topological polar surface area (TPSA) is 47.1 Å². The third-order valence-electron chi connectivity index (χ3n) is 2.49. The van der Waals surface area contributed by atoms with Gasteiger partial charge < -0.3 is 10.6 Å². The molecule has 92 valence electrons. The fourth-order valence-electron chi connectivity index (χ4n) is 1.49. The van der Waals surface area contributed by atoms with E-state index in [1.807, 2.05) is 25.7 Å². The van der Waals surface area contributed by atoms with Crippen molar-refractivity contribution in [3.63, 3.8) is 0 Å². The Hall–Kier alpha value is -0.580. The van der Waals surface area contributed by atoms with Gasteiger partial charge in [-0.15, -0.1) is 0 Å². The van der Waals surface area contributed by atoms with Crippen molar-refractivity contribution in [2.24, 2.45) is 5.73 Å². The summed E-state index contributed by atoms with van der Waals surface area (Å²) in [5, 5.41) is 5.03. The van der Waals surface area contributed by atoms with E-state index in [0.29, 0.717) is 0 Å². The van der Waals surface area contributed by atoms with Crippen LogP contribution in [0.1, 0.15) is 19.0 Å². The molecule has 1 rings (SSSR count). The van der Waals surface area contributed by atoms with Crippen molar-refractivity contribution in [2.45, 2.75) is 32.4 Å². The van der Waals surface area contributed by atoms with Crippen LogP contribution in [0.4, 0.5) is 0 Å². The van der Waals surface area contributed by atoms with E-state index in [9.17, 15) is 0 Å². The number of hydrogen-bond donors (Lipinski definition) is 1. The molecule has 0 saturated heterocycles. The van der Waals surface area contributed by atoms with Gasteiger partial charge in [0.15, 0.2) is 0 Å². The minimum absolute atomic E-state index is 0.202. The first kappa shape index (κ1) is 13.5. The van der Waals surface area contributed by atoms with Gasteiger partial charge in [-0.1, -0.05) is 11.6 Å². The molecule has 2 N–H and O–H groups in total. The standard InChI is InChI=1S/C11H21ClN4/c1-9(13)4-5-11-10(12)8-14-16(11)7-6-15(2)3/h8-9H,4-7,13H2,1-3H3. The van der Waals surface area contributed by atoms with Crippen LogP contribution in [-0.2, 0) is 13.0 Å². The second-order valence-electron chi connectivity index (χ2n) is 4.48. The lowest BCUT2D eigenvalue weighted by molar-refractivity contribution is 0.368. The molecule has 4 nitrogen and oxygen atoms in total. The molecule has 0 amide bonds. The van der Waals surface area contributed by atoms with Crippen LogP contribution in [-0.4, -0.2) is 41.4 Å². The highest BCUT2D eigenvalue weighted by Crippen LogP contribution is 2.17. The molecule has 0 spiro atoms. The minimum atomic E-state index is 0.202. The average molecular weight is 245 g/mol. The van der Waals surface area contributed by atoms with Gasteiger partial charge in [0.25, 0.3) is 0 Å². The largest absolute Gasteiger partial charge is 0.328 e. The SMILES string of the molecule is CC(N)CCc1c(Cl)cnn1CCN(C)C. The van der Waals surface area contributed by atoms with Crippen molar-refractivity contribution in [3.05, 3.63) is 16.9 Å². The van der Waals surface area contributed by atoms with Gasteiger partial charge in [0, 0.05) is 12.6 Å². The van der Waals surface area contributed by atoms with Crippen LogP contribution in [0.15, 0.2) is 6.20 Å². The molecule has 1 heterocycles. The Morgan fingerprint density at radius 2 is 2.25 bits per heavy atom. The summed E-state index contributed by atoms with van der Waals surface area (Å²) < 4.78 is 1.98. The molecular formula is C11H21ClN4. The van der Waals surface area contributed by atoms with Gasteiger partial charge in [0.1, 0.15) is 0 Å². The van der Waals surface area contributed by atoms with E-state index in [1.165, 1.54) is 0 Å². The van der Waals surface area contributed by atoms with Gasteiger partial charge in [-0.3, -0.25) is 4.68 Å². The second-order valence-corrected chi connectivity index (χ2v) is 4.89. The first-order chi connectivity index (χ1) is 7.50. The fourth-order valence-corrected chi connectivity index (χ4v) is 1.72. The van der Waals surface area contributed by atoms with E-state index >= 15 is 0 Å². The van der Waals surface area contributed by atoms with Gasteiger partial charge in [0.05, 0.1) is 23.5 Å². The monoisotopic (exact) mass is 244 g/mol. The molecule has 16 heavy (non-hydrogen) atoms. The quantitative estimate of drug-likeness (QED) is 0.823. The van der Waals surface area contributed by atoms with E-state index in [4.69, 9.17) is 17.3 Å². The Labute approximate surface area is 102 Å². The maximum absolute atomic E-state index is 6.11. The normalized spacial score (nSPS) is 13.4. The van der Waals surface area contributed by atoms with Crippen LogP contribution >= 0.6 is 11.6 Å². The third-order valence-corrected chi connectivity index (χ3v) is 2.81. The predicted molar refractivity (Wildman–Crippen MR) is 67.8 cm³/mol. The lowest BCUT2D eigenvalue weighted by Crippen LogP contribution is -2.21. The molecule has 0 saturated carbocycles. The number of halogens is 1. The zero-order valence-electron chi connectivity index (χ0n) is 10.3. The van der Waals surface area contributed by atoms with Crippen molar-refractivity contribution >= 4 is 11.6 Å². The zero-order valence-corrected chi connectivity index (χ0v) is 11.0. The lowest BCUT2D eigenvalue weighted by atomic mass is 10.1. The molecule has 0 fully saturated rings. The number of likely N-dealkylation sites (N-methyl/N-ethyl adjacent to an activating group) is 1. The Bertz CT molecular complexity index is 320. The second kappa shape index (κ2) is 6.23. The Morgan fingerprint density at radius 3 is 2.81 bits per heavy atom.